The van der Waals surface area contributed by atoms with Gasteiger partial charge < -0.3 is 0 Å². The van der Waals surface area contributed by atoms with Crippen LogP contribution in [0.25, 0.3) is 32.3 Å². The number of benzene rings is 4. The molecule has 1 heteroatoms. The summed E-state index contributed by atoms with van der Waals surface area (Å²) in [7, 11) is 0. The lowest BCUT2D eigenvalue weighted by atomic mass is 9.95. The van der Waals surface area contributed by atoms with E-state index >= 15 is 0 Å². The maximum absolute atomic E-state index is 7.51. The first kappa shape index (κ1) is 12.2. The van der Waals surface area contributed by atoms with E-state index in [4.69, 9.17) is 5.26 Å². The van der Waals surface area contributed by atoms with Gasteiger partial charge in [0.25, 0.3) is 0 Å². The van der Waals surface area contributed by atoms with Crippen LogP contribution < -0.4 is 0 Å². The van der Waals surface area contributed by atoms with Crippen LogP contribution in [-0.2, 0) is 0 Å². The molecular formula is C19H13N. The molecule has 0 unspecified atom stereocenters. The fourth-order valence-corrected chi connectivity index (χ4v) is 2.67. The summed E-state index contributed by atoms with van der Waals surface area (Å²) in [5.74, 6) is 0. The van der Waals surface area contributed by atoms with Gasteiger partial charge in [0, 0.05) is 6.08 Å². The summed E-state index contributed by atoms with van der Waals surface area (Å²) in [5.41, 5.74) is 0. The van der Waals surface area contributed by atoms with Gasteiger partial charge in [-0.15, -0.1) is 0 Å². The van der Waals surface area contributed by atoms with E-state index in [2.05, 4.69) is 67.2 Å². The first-order chi connectivity index (χ1) is 9.85. The number of allylic oxidation sites excluding steroid dienone is 1. The third-order valence-electron chi connectivity index (χ3n) is 3.48. The lowest BCUT2D eigenvalue weighted by Crippen LogP contribution is -1.82. The number of hydrogen-bond donors (Lipinski definition) is 0. The van der Waals surface area contributed by atoms with Crippen LogP contribution in [0.2, 0.25) is 0 Å². The summed E-state index contributed by atoms with van der Waals surface area (Å²) in [4.78, 5) is 0. The standard InChI is InChI=1S/C16H10.C3H3N/c1-3-11-7-9-13-5-2-6-14-10-8-12(4-1)15(11)16(13)14;1-2-3-4/h1-10H;2H,1H2. The van der Waals surface area contributed by atoms with Gasteiger partial charge in [-0.2, -0.15) is 5.26 Å². The molecule has 94 valence electrons. The van der Waals surface area contributed by atoms with E-state index in [1.165, 1.54) is 38.4 Å². The van der Waals surface area contributed by atoms with Crippen molar-refractivity contribution in [3.8, 4) is 6.07 Å². The fourth-order valence-electron chi connectivity index (χ4n) is 2.67. The topological polar surface area (TPSA) is 23.8 Å². The summed E-state index contributed by atoms with van der Waals surface area (Å²) in [6.45, 7) is 3.12. The number of nitriles is 1. The molecule has 0 aliphatic rings. The minimum atomic E-state index is 1.18. The highest BCUT2D eigenvalue weighted by Crippen LogP contribution is 2.33. The average Bonchev–Trinajstić information content (AvgIpc) is 2.53. The first-order valence-electron chi connectivity index (χ1n) is 6.48. The van der Waals surface area contributed by atoms with Crippen LogP contribution in [0.3, 0.4) is 0 Å². The Morgan fingerprint density at radius 2 is 1.00 bits per heavy atom. The molecule has 0 radical (unpaired) electrons. The van der Waals surface area contributed by atoms with Crippen LogP contribution >= 0.6 is 0 Å². The molecule has 0 atom stereocenters. The summed E-state index contributed by atoms with van der Waals surface area (Å²) in [5, 5.41) is 15.6. The highest BCUT2D eigenvalue weighted by Gasteiger charge is 2.05. The van der Waals surface area contributed by atoms with Crippen LogP contribution in [0, 0.1) is 11.3 Å². The molecule has 4 aromatic carbocycles. The lowest BCUT2D eigenvalue weighted by molar-refractivity contribution is 1.54. The van der Waals surface area contributed by atoms with Crippen LogP contribution in [0.4, 0.5) is 0 Å². The van der Waals surface area contributed by atoms with Gasteiger partial charge in [0.05, 0.1) is 6.07 Å². The van der Waals surface area contributed by atoms with Gasteiger partial charge in [0.2, 0.25) is 0 Å². The Morgan fingerprint density at radius 3 is 1.25 bits per heavy atom. The van der Waals surface area contributed by atoms with Crippen molar-refractivity contribution in [1.82, 2.24) is 0 Å². The van der Waals surface area contributed by atoms with E-state index in [9.17, 15) is 0 Å². The van der Waals surface area contributed by atoms with E-state index in [1.807, 2.05) is 0 Å². The Hall–Kier alpha value is -2.85. The molecule has 0 aliphatic carbocycles. The predicted molar refractivity (Wildman–Crippen MR) is 86.0 cm³/mol. The molecule has 0 bridgehead atoms. The normalized spacial score (nSPS) is 10.2. The third-order valence-corrected chi connectivity index (χ3v) is 3.48. The zero-order valence-corrected chi connectivity index (χ0v) is 11.0. The zero-order chi connectivity index (χ0) is 13.9. The van der Waals surface area contributed by atoms with E-state index < -0.39 is 0 Å². The van der Waals surface area contributed by atoms with E-state index in [-0.39, 0.29) is 0 Å². The molecule has 0 saturated carbocycles. The van der Waals surface area contributed by atoms with Crippen molar-refractivity contribution in [2.75, 3.05) is 0 Å². The Labute approximate surface area is 117 Å². The van der Waals surface area contributed by atoms with Crippen molar-refractivity contribution >= 4 is 32.3 Å². The molecule has 0 fully saturated rings. The smallest absolute Gasteiger partial charge is 0.0905 e. The SMILES string of the molecule is C=CC#N.c1cc2ccc3cccc4ccc(c1)c2c34. The predicted octanol–water partition coefficient (Wildman–Crippen LogP) is 5.28. The van der Waals surface area contributed by atoms with Crippen molar-refractivity contribution in [2.24, 2.45) is 0 Å². The van der Waals surface area contributed by atoms with Gasteiger partial charge in [-0.05, 0) is 32.3 Å². The second-order valence-electron chi connectivity index (χ2n) is 4.62. The quantitative estimate of drug-likeness (QED) is 0.310. The largest absolute Gasteiger partial charge is 0.193 e. The molecule has 0 amide bonds. The molecule has 4 rings (SSSR count). The molecule has 1 nitrogen and oxygen atoms in total. The van der Waals surface area contributed by atoms with Crippen molar-refractivity contribution in [3.05, 3.63) is 73.3 Å². The summed E-state index contributed by atoms with van der Waals surface area (Å²) >= 11 is 0. The molecule has 20 heavy (non-hydrogen) atoms. The van der Waals surface area contributed by atoms with Gasteiger partial charge >= 0.3 is 0 Å². The Bertz CT molecular complexity index is 799. The first-order valence-corrected chi connectivity index (χ1v) is 6.48. The van der Waals surface area contributed by atoms with Crippen LogP contribution in [-0.4, -0.2) is 0 Å². The van der Waals surface area contributed by atoms with Gasteiger partial charge in [0.15, 0.2) is 0 Å². The van der Waals surface area contributed by atoms with Crippen LogP contribution in [0.5, 0.6) is 0 Å². The van der Waals surface area contributed by atoms with Crippen molar-refractivity contribution < 1.29 is 0 Å². The van der Waals surface area contributed by atoms with Crippen molar-refractivity contribution in [1.29, 1.82) is 5.26 Å². The van der Waals surface area contributed by atoms with Crippen molar-refractivity contribution in [2.45, 2.75) is 0 Å². The second-order valence-corrected chi connectivity index (χ2v) is 4.62. The lowest BCUT2D eigenvalue weighted by Gasteiger charge is -2.09. The average molecular weight is 255 g/mol. The molecule has 0 N–H and O–H groups in total. The third kappa shape index (κ3) is 1.88. The molecule has 0 aromatic heterocycles. The zero-order valence-electron chi connectivity index (χ0n) is 11.0. The molecule has 0 aliphatic heterocycles. The molecule has 0 heterocycles. The molecule has 0 saturated heterocycles. The number of rotatable bonds is 0. The highest BCUT2D eigenvalue weighted by molar-refractivity contribution is 6.22. The van der Waals surface area contributed by atoms with Gasteiger partial charge in [-0.3, -0.25) is 0 Å². The van der Waals surface area contributed by atoms with Gasteiger partial charge in [-0.1, -0.05) is 67.2 Å². The van der Waals surface area contributed by atoms with E-state index in [1.54, 1.807) is 6.07 Å². The molecule has 4 aromatic rings. The Kier molecular flexibility index (Phi) is 3.07. The monoisotopic (exact) mass is 255 g/mol. The number of hydrogen-bond acceptors (Lipinski definition) is 1. The highest BCUT2D eigenvalue weighted by atomic mass is 14.2. The van der Waals surface area contributed by atoms with Gasteiger partial charge in [0.1, 0.15) is 0 Å². The van der Waals surface area contributed by atoms with E-state index in [0.717, 1.165) is 0 Å². The van der Waals surface area contributed by atoms with Crippen LogP contribution in [0.1, 0.15) is 0 Å². The minimum absolute atomic E-state index is 1.18. The molecular weight excluding hydrogens is 242 g/mol. The van der Waals surface area contributed by atoms with Gasteiger partial charge in [-0.25, -0.2) is 0 Å². The maximum atomic E-state index is 7.51. The minimum Gasteiger partial charge on any atom is -0.193 e. The fraction of sp³-hybridized carbons (Fsp3) is 0. The number of nitrogens with zero attached hydrogens (tertiary/aromatic N) is 1. The van der Waals surface area contributed by atoms with Crippen molar-refractivity contribution in [3.63, 3.8) is 0 Å². The Morgan fingerprint density at radius 1 is 0.700 bits per heavy atom. The summed E-state index contributed by atoms with van der Waals surface area (Å²) in [6, 6.07) is 23.6. The van der Waals surface area contributed by atoms with Crippen LogP contribution in [0.15, 0.2) is 73.3 Å². The summed E-state index contributed by atoms with van der Waals surface area (Å²) in [6.07, 6.45) is 1.18. The van der Waals surface area contributed by atoms with E-state index in [0.29, 0.717) is 0 Å². The summed E-state index contributed by atoms with van der Waals surface area (Å²) < 4.78 is 0. The Balaban J connectivity index is 0.000000272. The molecule has 0 spiro atoms. The maximum Gasteiger partial charge on any atom is 0.0905 e. The second kappa shape index (κ2) is 5.03.